The van der Waals surface area contributed by atoms with Crippen LogP contribution in [0.2, 0.25) is 15.1 Å². The SMILES string of the molecule is O=C1/C(=C\c2c(Cl)ccc([N+](=O)[O-])c2Cl)SC(=S)N1c1cccc(Cl)c1. The van der Waals surface area contributed by atoms with Crippen molar-refractivity contribution in [3.63, 3.8) is 0 Å². The fraction of sp³-hybridized carbons (Fsp3) is 0. The van der Waals surface area contributed by atoms with Crippen LogP contribution in [0, 0.1) is 10.1 Å². The van der Waals surface area contributed by atoms with Crippen molar-refractivity contribution in [2.45, 2.75) is 0 Å². The second-order valence-corrected chi connectivity index (χ2v) is 7.95. The molecule has 0 unspecified atom stereocenters. The van der Waals surface area contributed by atoms with Gasteiger partial charge < -0.3 is 0 Å². The van der Waals surface area contributed by atoms with Crippen molar-refractivity contribution in [2.75, 3.05) is 4.90 Å². The zero-order valence-electron chi connectivity index (χ0n) is 12.6. The Morgan fingerprint density at radius 2 is 1.92 bits per heavy atom. The smallest absolute Gasteiger partial charge is 0.268 e. The number of thiocarbonyl (C=S) groups is 1. The van der Waals surface area contributed by atoms with E-state index in [0.29, 0.717) is 15.0 Å². The zero-order valence-corrected chi connectivity index (χ0v) is 16.5. The van der Waals surface area contributed by atoms with Crippen molar-refractivity contribution in [3.05, 3.63) is 72.0 Å². The number of amides is 1. The van der Waals surface area contributed by atoms with E-state index in [1.54, 1.807) is 24.3 Å². The Balaban J connectivity index is 2.04. The van der Waals surface area contributed by atoms with Crippen LogP contribution in [0.5, 0.6) is 0 Å². The van der Waals surface area contributed by atoms with E-state index in [1.165, 1.54) is 23.1 Å². The van der Waals surface area contributed by atoms with Crippen LogP contribution in [0.4, 0.5) is 11.4 Å². The van der Waals surface area contributed by atoms with Crippen LogP contribution in [-0.2, 0) is 4.79 Å². The Morgan fingerprint density at radius 3 is 2.58 bits per heavy atom. The van der Waals surface area contributed by atoms with Crippen molar-refractivity contribution >= 4 is 86.5 Å². The van der Waals surface area contributed by atoms with Gasteiger partial charge in [-0.2, -0.15) is 0 Å². The molecule has 1 aliphatic heterocycles. The predicted octanol–water partition coefficient (Wildman–Crippen LogP) is 5.96. The molecule has 0 spiro atoms. The summed E-state index contributed by atoms with van der Waals surface area (Å²) in [4.78, 5) is 24.8. The lowest BCUT2D eigenvalue weighted by Gasteiger charge is -2.14. The molecule has 3 rings (SSSR count). The molecule has 5 nitrogen and oxygen atoms in total. The van der Waals surface area contributed by atoms with Crippen molar-refractivity contribution < 1.29 is 9.72 Å². The molecule has 0 bridgehead atoms. The molecule has 26 heavy (non-hydrogen) atoms. The van der Waals surface area contributed by atoms with Crippen molar-refractivity contribution in [3.8, 4) is 0 Å². The molecule has 0 saturated carbocycles. The normalized spacial score (nSPS) is 15.8. The van der Waals surface area contributed by atoms with Gasteiger partial charge in [0.15, 0.2) is 4.32 Å². The highest BCUT2D eigenvalue weighted by Gasteiger charge is 2.34. The third-order valence-electron chi connectivity index (χ3n) is 3.44. The first kappa shape index (κ1) is 19.1. The van der Waals surface area contributed by atoms with E-state index in [4.69, 9.17) is 47.0 Å². The number of nitro groups is 1. The van der Waals surface area contributed by atoms with E-state index in [9.17, 15) is 14.9 Å². The largest absolute Gasteiger partial charge is 0.288 e. The average molecular weight is 446 g/mol. The highest BCUT2D eigenvalue weighted by atomic mass is 35.5. The summed E-state index contributed by atoms with van der Waals surface area (Å²) in [5, 5.41) is 11.6. The Kier molecular flexibility index (Phi) is 5.55. The predicted molar refractivity (Wildman–Crippen MR) is 110 cm³/mol. The minimum Gasteiger partial charge on any atom is -0.268 e. The third kappa shape index (κ3) is 3.58. The maximum Gasteiger partial charge on any atom is 0.288 e. The van der Waals surface area contributed by atoms with Gasteiger partial charge in [-0.15, -0.1) is 0 Å². The summed E-state index contributed by atoms with van der Waals surface area (Å²) in [6.07, 6.45) is 1.40. The van der Waals surface area contributed by atoms with Gasteiger partial charge in [0.05, 0.1) is 15.5 Å². The number of nitrogens with zero attached hydrogens (tertiary/aromatic N) is 2. The molecule has 0 aliphatic carbocycles. The first-order valence-electron chi connectivity index (χ1n) is 6.95. The average Bonchev–Trinajstić information content (AvgIpc) is 2.84. The molecule has 1 fully saturated rings. The number of thioether (sulfide) groups is 1. The van der Waals surface area contributed by atoms with Crippen molar-refractivity contribution in [1.29, 1.82) is 0 Å². The van der Waals surface area contributed by atoms with Crippen LogP contribution in [0.15, 0.2) is 41.3 Å². The lowest BCUT2D eigenvalue weighted by molar-refractivity contribution is -0.384. The monoisotopic (exact) mass is 444 g/mol. The summed E-state index contributed by atoms with van der Waals surface area (Å²) < 4.78 is 0.307. The summed E-state index contributed by atoms with van der Waals surface area (Å²) in [5.74, 6) is -0.388. The molecule has 0 atom stereocenters. The van der Waals surface area contributed by atoms with Crippen LogP contribution in [0.25, 0.3) is 6.08 Å². The Labute approximate surface area is 172 Å². The summed E-state index contributed by atoms with van der Waals surface area (Å²) in [6.45, 7) is 0. The number of nitro benzene ring substituents is 1. The molecule has 0 N–H and O–H groups in total. The van der Waals surface area contributed by atoms with Crippen LogP contribution >= 0.6 is 58.8 Å². The maximum atomic E-state index is 12.8. The lowest BCUT2D eigenvalue weighted by atomic mass is 10.1. The second-order valence-electron chi connectivity index (χ2n) is 5.05. The molecule has 1 amide bonds. The Bertz CT molecular complexity index is 995. The molecule has 1 aliphatic rings. The number of carbonyl (C=O) groups is 1. The summed E-state index contributed by atoms with van der Waals surface area (Å²) in [7, 11) is 0. The van der Waals surface area contributed by atoms with E-state index in [0.717, 1.165) is 11.8 Å². The molecule has 132 valence electrons. The standard InChI is InChI=1S/C16H7Cl3N2O3S2/c17-8-2-1-3-9(6-8)20-15(22)13(26-16(20)25)7-10-11(18)4-5-12(14(10)19)21(23)24/h1-7H/b13-7+. The third-order valence-corrected chi connectivity index (χ3v) is 5.70. The molecular formula is C16H7Cl3N2O3S2. The van der Waals surface area contributed by atoms with Crippen LogP contribution in [0.1, 0.15) is 5.56 Å². The van der Waals surface area contributed by atoms with Gasteiger partial charge in [-0.3, -0.25) is 19.8 Å². The molecule has 2 aromatic rings. The molecule has 0 radical (unpaired) electrons. The molecule has 0 aromatic heterocycles. The van der Waals surface area contributed by atoms with E-state index in [-0.39, 0.29) is 32.1 Å². The van der Waals surface area contributed by atoms with Gasteiger partial charge in [0, 0.05) is 21.7 Å². The fourth-order valence-corrected chi connectivity index (χ4v) is 4.28. The minimum atomic E-state index is -0.618. The quantitative estimate of drug-likeness (QED) is 0.252. The van der Waals surface area contributed by atoms with Gasteiger partial charge in [-0.25, -0.2) is 0 Å². The zero-order chi connectivity index (χ0) is 19.0. The number of anilines is 1. The highest BCUT2D eigenvalue weighted by molar-refractivity contribution is 8.27. The van der Waals surface area contributed by atoms with Gasteiger partial charge in [0.25, 0.3) is 11.6 Å². The summed E-state index contributed by atoms with van der Waals surface area (Å²) in [6, 6.07) is 9.26. The minimum absolute atomic E-state index is 0.143. The van der Waals surface area contributed by atoms with Crippen LogP contribution < -0.4 is 4.90 Å². The first-order chi connectivity index (χ1) is 12.3. The first-order valence-corrected chi connectivity index (χ1v) is 9.31. The Morgan fingerprint density at radius 1 is 1.19 bits per heavy atom. The molecule has 10 heteroatoms. The summed E-state index contributed by atoms with van der Waals surface area (Å²) >= 11 is 24.5. The fourth-order valence-electron chi connectivity index (χ4n) is 2.27. The topological polar surface area (TPSA) is 63.4 Å². The molecule has 1 heterocycles. The van der Waals surface area contributed by atoms with E-state index in [2.05, 4.69) is 0 Å². The number of hydrogen-bond donors (Lipinski definition) is 0. The van der Waals surface area contributed by atoms with Crippen molar-refractivity contribution in [2.24, 2.45) is 0 Å². The number of halogens is 3. The lowest BCUT2D eigenvalue weighted by Crippen LogP contribution is -2.27. The molecule has 1 saturated heterocycles. The second kappa shape index (κ2) is 7.54. The van der Waals surface area contributed by atoms with Gasteiger partial charge in [0.1, 0.15) is 5.02 Å². The molecular weight excluding hydrogens is 439 g/mol. The molecule has 2 aromatic carbocycles. The number of rotatable bonds is 3. The summed E-state index contributed by atoms with van der Waals surface area (Å²) in [5.41, 5.74) is 0.418. The highest BCUT2D eigenvalue weighted by Crippen LogP contribution is 2.40. The van der Waals surface area contributed by atoms with Crippen molar-refractivity contribution in [1.82, 2.24) is 0 Å². The maximum absolute atomic E-state index is 12.8. The van der Waals surface area contributed by atoms with Gasteiger partial charge in [-0.05, 0) is 30.3 Å². The van der Waals surface area contributed by atoms with Crippen LogP contribution in [-0.4, -0.2) is 15.2 Å². The van der Waals surface area contributed by atoms with E-state index < -0.39 is 4.92 Å². The number of benzene rings is 2. The van der Waals surface area contributed by atoms with Gasteiger partial charge in [-0.1, -0.05) is 64.8 Å². The van der Waals surface area contributed by atoms with Crippen LogP contribution in [0.3, 0.4) is 0 Å². The van der Waals surface area contributed by atoms with E-state index >= 15 is 0 Å². The van der Waals surface area contributed by atoms with E-state index in [1.807, 2.05) is 0 Å². The van der Waals surface area contributed by atoms with Gasteiger partial charge in [0.2, 0.25) is 0 Å². The number of hydrogen-bond acceptors (Lipinski definition) is 5. The Hall–Kier alpha value is -1.64. The number of carbonyl (C=O) groups excluding carboxylic acids is 1. The van der Waals surface area contributed by atoms with Gasteiger partial charge >= 0.3 is 0 Å².